The van der Waals surface area contributed by atoms with Crippen molar-refractivity contribution in [1.29, 1.82) is 0 Å². The van der Waals surface area contributed by atoms with Gasteiger partial charge in [-0.05, 0) is 36.1 Å². The first kappa shape index (κ1) is 18.5. The summed E-state index contributed by atoms with van der Waals surface area (Å²) in [7, 11) is 2.01. The number of nitrogens with one attached hydrogen (secondary N) is 1. The van der Waals surface area contributed by atoms with Crippen LogP contribution >= 0.6 is 24.0 Å². The van der Waals surface area contributed by atoms with E-state index in [9.17, 15) is 0 Å². The van der Waals surface area contributed by atoms with Gasteiger partial charge in [0.25, 0.3) is 0 Å². The Hall–Kier alpha value is -1.50. The van der Waals surface area contributed by atoms with Gasteiger partial charge in [-0.25, -0.2) is 4.99 Å². The third-order valence-electron chi connectivity index (χ3n) is 3.71. The first-order valence-electron chi connectivity index (χ1n) is 7.43. The van der Waals surface area contributed by atoms with E-state index in [2.05, 4.69) is 42.4 Å². The molecule has 0 aliphatic carbocycles. The first-order chi connectivity index (χ1) is 10.2. The van der Waals surface area contributed by atoms with E-state index in [1.54, 1.807) is 0 Å². The second kappa shape index (κ2) is 8.82. The summed E-state index contributed by atoms with van der Waals surface area (Å²) in [6, 6.07) is 10.4. The largest absolute Gasteiger partial charge is 0.370 e. The summed E-state index contributed by atoms with van der Waals surface area (Å²) in [4.78, 5) is 4.44. The number of guanidine groups is 1. The second-order valence-corrected chi connectivity index (χ2v) is 5.10. The zero-order chi connectivity index (χ0) is 15.2. The summed E-state index contributed by atoms with van der Waals surface area (Å²) in [5, 5.41) is 3.28. The highest BCUT2D eigenvalue weighted by atomic mass is 127. The summed E-state index contributed by atoms with van der Waals surface area (Å²) >= 11 is 0. The van der Waals surface area contributed by atoms with Gasteiger partial charge in [-0.15, -0.1) is 24.0 Å². The molecule has 3 N–H and O–H groups in total. The van der Waals surface area contributed by atoms with Crippen molar-refractivity contribution in [3.8, 4) is 0 Å². The lowest BCUT2D eigenvalue weighted by Gasteiger charge is -2.14. The van der Waals surface area contributed by atoms with Crippen LogP contribution in [0, 0.1) is 0 Å². The number of aromatic nitrogens is 1. The standard InChI is InChI=1S/C17H24N4.HI/c1-4-13-8-6-9-14(5-2)16(13)20-17(18)19-12-15-10-7-11-21(15)3;/h6-11H,4-5,12H2,1-3H3,(H3,18,19,20);1H. The smallest absolute Gasteiger partial charge is 0.193 e. The minimum atomic E-state index is 0. The van der Waals surface area contributed by atoms with Crippen molar-refractivity contribution in [3.63, 3.8) is 0 Å². The fourth-order valence-electron chi connectivity index (χ4n) is 2.40. The first-order valence-corrected chi connectivity index (χ1v) is 7.43. The SMILES string of the molecule is CCc1cccc(CC)c1NC(N)=NCc1cccn1C.I. The molecular formula is C17H25IN4. The minimum absolute atomic E-state index is 0. The molecule has 5 heteroatoms. The molecule has 0 radical (unpaired) electrons. The lowest BCUT2D eigenvalue weighted by Crippen LogP contribution is -2.24. The van der Waals surface area contributed by atoms with Crippen LogP contribution in [-0.2, 0) is 26.4 Å². The van der Waals surface area contributed by atoms with Gasteiger partial charge in [-0.3, -0.25) is 0 Å². The van der Waals surface area contributed by atoms with Gasteiger partial charge in [-0.2, -0.15) is 0 Å². The van der Waals surface area contributed by atoms with Crippen LogP contribution in [-0.4, -0.2) is 10.5 Å². The Bertz CT molecular complexity index is 609. The Labute approximate surface area is 149 Å². The average molecular weight is 412 g/mol. The zero-order valence-corrected chi connectivity index (χ0v) is 15.8. The van der Waals surface area contributed by atoms with Crippen molar-refractivity contribution in [2.75, 3.05) is 5.32 Å². The number of para-hydroxylation sites is 1. The number of rotatable bonds is 5. The maximum Gasteiger partial charge on any atom is 0.193 e. The summed E-state index contributed by atoms with van der Waals surface area (Å²) in [5.41, 5.74) is 10.8. The van der Waals surface area contributed by atoms with E-state index in [0.717, 1.165) is 24.2 Å². The van der Waals surface area contributed by atoms with E-state index >= 15 is 0 Å². The van der Waals surface area contributed by atoms with E-state index in [-0.39, 0.29) is 24.0 Å². The molecule has 0 spiro atoms. The molecule has 0 saturated heterocycles. The fourth-order valence-corrected chi connectivity index (χ4v) is 2.40. The monoisotopic (exact) mass is 412 g/mol. The predicted molar refractivity (Wildman–Crippen MR) is 105 cm³/mol. The van der Waals surface area contributed by atoms with Gasteiger partial charge >= 0.3 is 0 Å². The Morgan fingerprint density at radius 1 is 1.14 bits per heavy atom. The second-order valence-electron chi connectivity index (χ2n) is 5.10. The van der Waals surface area contributed by atoms with Crippen LogP contribution in [0.15, 0.2) is 41.5 Å². The summed E-state index contributed by atoms with van der Waals surface area (Å²) in [6.07, 6.45) is 3.96. The normalized spacial score (nSPS) is 11.1. The minimum Gasteiger partial charge on any atom is -0.370 e. The predicted octanol–water partition coefficient (Wildman–Crippen LogP) is 3.69. The quantitative estimate of drug-likeness (QED) is 0.447. The van der Waals surface area contributed by atoms with Gasteiger partial charge in [0.2, 0.25) is 0 Å². The molecule has 0 saturated carbocycles. The van der Waals surface area contributed by atoms with E-state index in [4.69, 9.17) is 5.73 Å². The van der Waals surface area contributed by atoms with E-state index in [1.165, 1.54) is 11.1 Å². The molecule has 0 aliphatic rings. The van der Waals surface area contributed by atoms with Crippen LogP contribution in [0.1, 0.15) is 30.7 Å². The molecule has 4 nitrogen and oxygen atoms in total. The molecule has 0 atom stereocenters. The average Bonchev–Trinajstić information content (AvgIpc) is 2.90. The molecule has 1 heterocycles. The Balaban J connectivity index is 0.00000242. The molecule has 2 rings (SSSR count). The number of benzene rings is 1. The molecule has 0 aliphatic heterocycles. The van der Waals surface area contributed by atoms with Gasteiger partial charge < -0.3 is 15.6 Å². The summed E-state index contributed by atoms with van der Waals surface area (Å²) in [6.45, 7) is 4.88. The van der Waals surface area contributed by atoms with Gasteiger partial charge in [0.15, 0.2) is 5.96 Å². The maximum atomic E-state index is 6.05. The lowest BCUT2D eigenvalue weighted by molar-refractivity contribution is 0.824. The summed E-state index contributed by atoms with van der Waals surface area (Å²) in [5.74, 6) is 0.465. The van der Waals surface area contributed by atoms with Crippen molar-refractivity contribution in [1.82, 2.24) is 4.57 Å². The Morgan fingerprint density at radius 2 is 1.77 bits per heavy atom. The fraction of sp³-hybridized carbons (Fsp3) is 0.353. The number of hydrogen-bond donors (Lipinski definition) is 2. The number of nitrogens with two attached hydrogens (primary N) is 1. The molecule has 120 valence electrons. The molecule has 0 bridgehead atoms. The highest BCUT2D eigenvalue weighted by molar-refractivity contribution is 14.0. The number of aryl methyl sites for hydroxylation is 3. The Morgan fingerprint density at radius 3 is 2.27 bits per heavy atom. The molecule has 2 aromatic rings. The van der Waals surface area contributed by atoms with Crippen molar-refractivity contribution < 1.29 is 0 Å². The van der Waals surface area contributed by atoms with Crippen LogP contribution < -0.4 is 11.1 Å². The van der Waals surface area contributed by atoms with E-state index in [1.807, 2.05) is 29.9 Å². The third kappa shape index (κ3) is 4.50. The van der Waals surface area contributed by atoms with Crippen LogP contribution in [0.2, 0.25) is 0 Å². The van der Waals surface area contributed by atoms with E-state index < -0.39 is 0 Å². The van der Waals surface area contributed by atoms with Crippen molar-refractivity contribution in [3.05, 3.63) is 53.3 Å². The molecule has 0 fully saturated rings. The molecule has 1 aromatic carbocycles. The number of halogens is 1. The molecule has 0 unspecified atom stereocenters. The maximum absolute atomic E-state index is 6.05. The highest BCUT2D eigenvalue weighted by Crippen LogP contribution is 2.22. The van der Waals surface area contributed by atoms with Crippen LogP contribution in [0.4, 0.5) is 5.69 Å². The molecule has 22 heavy (non-hydrogen) atoms. The number of anilines is 1. The van der Waals surface area contributed by atoms with Crippen LogP contribution in [0.3, 0.4) is 0 Å². The van der Waals surface area contributed by atoms with Crippen LogP contribution in [0.25, 0.3) is 0 Å². The molecular weight excluding hydrogens is 387 g/mol. The van der Waals surface area contributed by atoms with Crippen molar-refractivity contribution in [2.24, 2.45) is 17.8 Å². The number of hydrogen-bond acceptors (Lipinski definition) is 1. The number of aliphatic imine (C=N–C) groups is 1. The zero-order valence-electron chi connectivity index (χ0n) is 13.5. The summed E-state index contributed by atoms with van der Waals surface area (Å²) < 4.78 is 2.05. The lowest BCUT2D eigenvalue weighted by atomic mass is 10.0. The van der Waals surface area contributed by atoms with Gasteiger partial charge in [0.1, 0.15) is 0 Å². The third-order valence-corrected chi connectivity index (χ3v) is 3.71. The molecule has 0 amide bonds. The van der Waals surface area contributed by atoms with E-state index in [0.29, 0.717) is 12.5 Å². The topological polar surface area (TPSA) is 55.3 Å². The highest BCUT2D eigenvalue weighted by Gasteiger charge is 2.07. The van der Waals surface area contributed by atoms with Gasteiger partial charge in [0.05, 0.1) is 6.54 Å². The molecule has 1 aromatic heterocycles. The Kier molecular flexibility index (Phi) is 7.44. The van der Waals surface area contributed by atoms with Gasteiger partial charge in [-0.1, -0.05) is 32.0 Å². The van der Waals surface area contributed by atoms with Crippen molar-refractivity contribution in [2.45, 2.75) is 33.2 Å². The van der Waals surface area contributed by atoms with Crippen molar-refractivity contribution >= 4 is 35.6 Å². The van der Waals surface area contributed by atoms with Gasteiger partial charge in [0, 0.05) is 24.6 Å². The van der Waals surface area contributed by atoms with Crippen LogP contribution in [0.5, 0.6) is 0 Å². The number of nitrogens with zero attached hydrogens (tertiary/aromatic N) is 2.